The normalized spacial score (nSPS) is 20.0. The number of benzene rings is 1. The third kappa shape index (κ3) is 4.00. The highest BCUT2D eigenvalue weighted by molar-refractivity contribution is 5.94. The molecule has 1 saturated heterocycles. The van der Waals surface area contributed by atoms with Gasteiger partial charge in [-0.25, -0.2) is 4.68 Å². The van der Waals surface area contributed by atoms with Crippen LogP contribution in [-0.2, 0) is 0 Å². The Balaban J connectivity index is 1.68. The van der Waals surface area contributed by atoms with Gasteiger partial charge in [0, 0.05) is 36.3 Å². The first kappa shape index (κ1) is 22.0. The molecule has 32 heavy (non-hydrogen) atoms. The highest BCUT2D eigenvalue weighted by Gasteiger charge is 2.52. The molecular formula is C20H17F6N5O. The monoisotopic (exact) mass is 457 g/mol. The first-order valence-corrected chi connectivity index (χ1v) is 9.65. The minimum absolute atomic E-state index is 0.206. The summed E-state index contributed by atoms with van der Waals surface area (Å²) in [7, 11) is 0. The maximum absolute atomic E-state index is 13.3. The van der Waals surface area contributed by atoms with E-state index < -0.39 is 49.6 Å². The van der Waals surface area contributed by atoms with Crippen molar-refractivity contribution in [2.45, 2.75) is 25.7 Å². The van der Waals surface area contributed by atoms with E-state index in [9.17, 15) is 31.1 Å². The van der Waals surface area contributed by atoms with Gasteiger partial charge in [-0.05, 0) is 25.5 Å². The van der Waals surface area contributed by atoms with E-state index >= 15 is 0 Å². The predicted molar refractivity (Wildman–Crippen MR) is 101 cm³/mol. The zero-order valence-corrected chi connectivity index (χ0v) is 16.7. The molecule has 0 saturated carbocycles. The summed E-state index contributed by atoms with van der Waals surface area (Å²) in [5.74, 6) is -5.56. The largest absolute Gasteiger partial charge is 0.393 e. The summed E-state index contributed by atoms with van der Waals surface area (Å²) in [5.41, 5.74) is 0.464. The number of aromatic nitrogens is 4. The molecule has 0 radical (unpaired) electrons. The summed E-state index contributed by atoms with van der Waals surface area (Å²) < 4.78 is 80.9. The van der Waals surface area contributed by atoms with Gasteiger partial charge in [-0.2, -0.15) is 26.3 Å². The van der Waals surface area contributed by atoms with Crippen molar-refractivity contribution in [1.29, 1.82) is 0 Å². The van der Waals surface area contributed by atoms with Gasteiger partial charge >= 0.3 is 12.4 Å². The number of likely N-dealkylation sites (tertiary alicyclic amines) is 1. The number of alkyl halides is 6. The molecule has 6 nitrogen and oxygen atoms in total. The molecule has 1 aliphatic heterocycles. The van der Waals surface area contributed by atoms with Crippen LogP contribution in [0.5, 0.6) is 0 Å². The maximum atomic E-state index is 13.3. The second-order valence-electron chi connectivity index (χ2n) is 7.73. The Morgan fingerprint density at radius 1 is 1.03 bits per heavy atom. The van der Waals surface area contributed by atoms with Gasteiger partial charge in [-0.15, -0.1) is 5.10 Å². The van der Waals surface area contributed by atoms with Gasteiger partial charge in [0.15, 0.2) is 5.69 Å². The molecule has 1 amide bonds. The van der Waals surface area contributed by atoms with Crippen molar-refractivity contribution < 1.29 is 31.1 Å². The number of carbonyl (C=O) groups excluding carboxylic acids is 1. The van der Waals surface area contributed by atoms with Crippen LogP contribution >= 0.6 is 0 Å². The van der Waals surface area contributed by atoms with Crippen LogP contribution < -0.4 is 0 Å². The quantitative estimate of drug-likeness (QED) is 0.538. The third-order valence-electron chi connectivity index (χ3n) is 5.65. The van der Waals surface area contributed by atoms with E-state index in [1.165, 1.54) is 11.6 Å². The number of carbonyl (C=O) groups is 1. The molecule has 2 aromatic heterocycles. The first-order valence-electron chi connectivity index (χ1n) is 9.65. The molecule has 0 spiro atoms. The van der Waals surface area contributed by atoms with Crippen molar-refractivity contribution in [1.82, 2.24) is 24.9 Å². The fourth-order valence-corrected chi connectivity index (χ4v) is 3.93. The van der Waals surface area contributed by atoms with E-state index in [4.69, 9.17) is 0 Å². The number of hydrogen-bond acceptors (Lipinski definition) is 4. The Morgan fingerprint density at radius 3 is 2.31 bits per heavy atom. The van der Waals surface area contributed by atoms with Crippen molar-refractivity contribution in [2.24, 2.45) is 11.8 Å². The number of fused-ring (bicyclic) bond motifs is 1. The van der Waals surface area contributed by atoms with Gasteiger partial charge < -0.3 is 4.90 Å². The molecule has 3 aromatic rings. The topological polar surface area (TPSA) is 63.9 Å². The average molecular weight is 457 g/mol. The Labute approximate surface area is 177 Å². The summed E-state index contributed by atoms with van der Waals surface area (Å²) in [6.45, 7) is -0.234. The Hall–Kier alpha value is -3.18. The minimum Gasteiger partial charge on any atom is -0.336 e. The zero-order chi connectivity index (χ0) is 23.3. The number of hydrogen-bond donors (Lipinski definition) is 0. The van der Waals surface area contributed by atoms with Gasteiger partial charge in [0.25, 0.3) is 5.91 Å². The lowest BCUT2D eigenvalue weighted by molar-refractivity contribution is -0.226. The molecule has 12 heteroatoms. The van der Waals surface area contributed by atoms with Crippen LogP contribution in [0.2, 0.25) is 0 Å². The van der Waals surface area contributed by atoms with E-state index in [2.05, 4.69) is 15.3 Å². The van der Waals surface area contributed by atoms with Crippen molar-refractivity contribution in [3.63, 3.8) is 0 Å². The molecule has 3 heterocycles. The third-order valence-corrected chi connectivity index (χ3v) is 5.65. The van der Waals surface area contributed by atoms with Crippen LogP contribution in [0.15, 0.2) is 36.7 Å². The maximum Gasteiger partial charge on any atom is 0.393 e. The van der Waals surface area contributed by atoms with Crippen LogP contribution in [0.25, 0.3) is 16.5 Å². The molecule has 2 atom stereocenters. The fraction of sp³-hybridized carbons (Fsp3) is 0.400. The number of halogens is 6. The molecule has 0 aliphatic carbocycles. The van der Waals surface area contributed by atoms with E-state index in [1.54, 1.807) is 30.6 Å². The smallest absolute Gasteiger partial charge is 0.336 e. The number of pyridine rings is 1. The predicted octanol–water partition coefficient (Wildman–Crippen LogP) is 4.33. The first-order chi connectivity index (χ1) is 15.0. The average Bonchev–Trinajstić information content (AvgIpc) is 3.12. The van der Waals surface area contributed by atoms with Crippen LogP contribution in [0.3, 0.4) is 0 Å². The lowest BCUT2D eigenvalue weighted by atomic mass is 9.88. The fourth-order valence-electron chi connectivity index (χ4n) is 3.93. The Bertz CT molecular complexity index is 1130. The van der Waals surface area contributed by atoms with Gasteiger partial charge in [-0.3, -0.25) is 9.78 Å². The zero-order valence-electron chi connectivity index (χ0n) is 16.7. The highest BCUT2D eigenvalue weighted by Crippen LogP contribution is 2.41. The van der Waals surface area contributed by atoms with E-state index in [-0.39, 0.29) is 11.4 Å². The lowest BCUT2D eigenvalue weighted by Crippen LogP contribution is -2.51. The Kier molecular flexibility index (Phi) is 5.33. The number of nitrogens with zero attached hydrogens (tertiary/aromatic N) is 5. The van der Waals surface area contributed by atoms with Crippen LogP contribution in [-0.4, -0.2) is 56.2 Å². The summed E-state index contributed by atoms with van der Waals surface area (Å²) >= 11 is 0. The molecule has 4 rings (SSSR count). The number of rotatable bonds is 2. The van der Waals surface area contributed by atoms with Crippen LogP contribution in [0, 0.1) is 18.8 Å². The van der Waals surface area contributed by atoms with E-state index in [1.807, 2.05) is 6.07 Å². The SMILES string of the molecule is Cc1c(C(=O)N2CC(C(F)(F)F)CC(C(F)(F)F)C2)nnn1-c1cccc2cnccc12. The molecule has 0 N–H and O–H groups in total. The molecule has 0 bridgehead atoms. The number of amides is 1. The second kappa shape index (κ2) is 7.75. The number of piperidine rings is 1. The van der Waals surface area contributed by atoms with Crippen LogP contribution in [0.4, 0.5) is 26.3 Å². The molecule has 1 aliphatic rings. The van der Waals surface area contributed by atoms with Crippen molar-refractivity contribution >= 4 is 16.7 Å². The van der Waals surface area contributed by atoms with Crippen molar-refractivity contribution in [3.05, 3.63) is 48.0 Å². The van der Waals surface area contributed by atoms with Gasteiger partial charge in [0.05, 0.1) is 23.2 Å². The van der Waals surface area contributed by atoms with Gasteiger partial charge in [0.1, 0.15) is 0 Å². The van der Waals surface area contributed by atoms with Crippen molar-refractivity contribution in [2.75, 3.05) is 13.1 Å². The van der Waals surface area contributed by atoms with Crippen molar-refractivity contribution in [3.8, 4) is 5.69 Å². The summed E-state index contributed by atoms with van der Waals surface area (Å²) in [6, 6.07) is 6.97. The molecule has 1 fully saturated rings. The summed E-state index contributed by atoms with van der Waals surface area (Å²) in [6.07, 6.45) is -7.63. The Morgan fingerprint density at radius 2 is 1.69 bits per heavy atom. The molecule has 170 valence electrons. The highest BCUT2D eigenvalue weighted by atomic mass is 19.4. The minimum atomic E-state index is -4.86. The van der Waals surface area contributed by atoms with Gasteiger partial charge in [0.2, 0.25) is 0 Å². The standard InChI is InChI=1S/C20H17F6N5O/c1-11-17(28-29-31(11)16-4-2-3-12-8-27-6-5-15(12)16)18(32)30-9-13(19(21,22)23)7-14(10-30)20(24,25)26/h2-6,8,13-14H,7,9-10H2,1H3. The van der Waals surface area contributed by atoms with E-state index in [0.29, 0.717) is 10.6 Å². The second-order valence-corrected chi connectivity index (χ2v) is 7.73. The van der Waals surface area contributed by atoms with Crippen LogP contribution in [0.1, 0.15) is 22.6 Å². The van der Waals surface area contributed by atoms with Gasteiger partial charge in [-0.1, -0.05) is 17.3 Å². The molecule has 1 aromatic carbocycles. The van der Waals surface area contributed by atoms with E-state index in [0.717, 1.165) is 10.8 Å². The summed E-state index contributed by atoms with van der Waals surface area (Å²) in [5, 5.41) is 9.25. The molecular weight excluding hydrogens is 440 g/mol. The lowest BCUT2D eigenvalue weighted by Gasteiger charge is -2.38. The summed E-state index contributed by atoms with van der Waals surface area (Å²) in [4.78, 5) is 17.5. The molecule has 2 unspecified atom stereocenters.